The number of nitrogens with two attached hydrogens (primary N) is 1. The van der Waals surface area contributed by atoms with Crippen molar-refractivity contribution in [3.63, 3.8) is 0 Å². The first-order chi connectivity index (χ1) is 9.44. The molecule has 0 bridgehead atoms. The van der Waals surface area contributed by atoms with E-state index in [9.17, 15) is 0 Å². The summed E-state index contributed by atoms with van der Waals surface area (Å²) in [5.74, 6) is 0.503. The van der Waals surface area contributed by atoms with Gasteiger partial charge in [-0.15, -0.1) is 0 Å². The Hall–Kier alpha value is -2.37. The molecule has 0 aliphatic carbocycles. The van der Waals surface area contributed by atoms with Crippen molar-refractivity contribution in [1.29, 1.82) is 0 Å². The molecule has 1 aromatic heterocycles. The van der Waals surface area contributed by atoms with E-state index in [1.807, 2.05) is 39.8 Å². The molecule has 20 heavy (non-hydrogen) atoms. The van der Waals surface area contributed by atoms with Gasteiger partial charge in [0.1, 0.15) is 0 Å². The highest BCUT2D eigenvalue weighted by atomic mass is 16.5. The van der Waals surface area contributed by atoms with Gasteiger partial charge < -0.3 is 15.8 Å². The zero-order chi connectivity index (χ0) is 14.7. The number of nitrogen functional groups attached to an aromatic ring is 1. The molecule has 6 nitrogen and oxygen atoms in total. The molecular weight excluding hydrogens is 254 g/mol. The monoisotopic (exact) mass is 273 g/mol. The van der Waals surface area contributed by atoms with Crippen LogP contribution < -0.4 is 15.8 Å². The lowest BCUT2D eigenvalue weighted by Gasteiger charge is -2.11. The van der Waals surface area contributed by atoms with Crippen molar-refractivity contribution in [1.82, 2.24) is 15.0 Å². The molecule has 3 N–H and O–H groups in total. The van der Waals surface area contributed by atoms with Crippen molar-refractivity contribution in [3.05, 3.63) is 29.3 Å². The maximum absolute atomic E-state index is 5.67. The number of hydrogen-bond acceptors (Lipinski definition) is 6. The molecule has 0 spiro atoms. The van der Waals surface area contributed by atoms with Gasteiger partial charge in [-0.25, -0.2) is 0 Å². The van der Waals surface area contributed by atoms with Crippen molar-refractivity contribution in [2.45, 2.75) is 33.8 Å². The second kappa shape index (κ2) is 5.73. The van der Waals surface area contributed by atoms with Gasteiger partial charge in [0.25, 0.3) is 0 Å². The van der Waals surface area contributed by atoms with Gasteiger partial charge in [0.05, 0.1) is 6.10 Å². The van der Waals surface area contributed by atoms with Gasteiger partial charge in [-0.1, -0.05) is 17.7 Å². The Balaban J connectivity index is 2.26. The molecule has 2 rings (SSSR count). The number of aromatic nitrogens is 3. The number of nitrogens with one attached hydrogen (secondary N) is 1. The fraction of sp³-hybridized carbons (Fsp3) is 0.357. The molecule has 0 fully saturated rings. The lowest BCUT2D eigenvalue weighted by molar-refractivity contribution is 0.222. The van der Waals surface area contributed by atoms with E-state index in [0.29, 0.717) is 5.95 Å². The highest BCUT2D eigenvalue weighted by Crippen LogP contribution is 2.20. The molecule has 106 valence electrons. The topological polar surface area (TPSA) is 86.0 Å². The highest BCUT2D eigenvalue weighted by molar-refractivity contribution is 5.59. The number of hydrogen-bond donors (Lipinski definition) is 2. The summed E-state index contributed by atoms with van der Waals surface area (Å²) in [7, 11) is 0. The van der Waals surface area contributed by atoms with Gasteiger partial charge in [-0.2, -0.15) is 15.0 Å². The van der Waals surface area contributed by atoms with E-state index >= 15 is 0 Å². The van der Waals surface area contributed by atoms with E-state index < -0.39 is 0 Å². The van der Waals surface area contributed by atoms with E-state index in [4.69, 9.17) is 10.5 Å². The van der Waals surface area contributed by atoms with Gasteiger partial charge >= 0.3 is 6.01 Å². The SMILES string of the molecule is Cc1ccc(Nc2nc(N)nc(OC(C)C)n2)c(C)c1. The van der Waals surface area contributed by atoms with E-state index in [1.54, 1.807) is 0 Å². The molecule has 0 saturated carbocycles. The maximum atomic E-state index is 5.67. The highest BCUT2D eigenvalue weighted by Gasteiger charge is 2.08. The normalized spacial score (nSPS) is 10.7. The lowest BCUT2D eigenvalue weighted by Crippen LogP contribution is -2.12. The minimum absolute atomic E-state index is 0.0224. The predicted molar refractivity (Wildman–Crippen MR) is 79.2 cm³/mol. The van der Waals surface area contributed by atoms with E-state index in [1.165, 1.54) is 5.56 Å². The molecule has 0 unspecified atom stereocenters. The third kappa shape index (κ3) is 3.57. The second-order valence-electron chi connectivity index (χ2n) is 4.91. The molecule has 0 amide bonds. The average molecular weight is 273 g/mol. The first-order valence-electron chi connectivity index (χ1n) is 6.46. The lowest BCUT2D eigenvalue weighted by atomic mass is 10.1. The van der Waals surface area contributed by atoms with Crippen LogP contribution in [-0.2, 0) is 0 Å². The Morgan fingerprint density at radius 3 is 2.55 bits per heavy atom. The second-order valence-corrected chi connectivity index (χ2v) is 4.91. The third-order valence-electron chi connectivity index (χ3n) is 2.60. The zero-order valence-corrected chi connectivity index (χ0v) is 12.1. The first-order valence-corrected chi connectivity index (χ1v) is 6.46. The summed E-state index contributed by atoms with van der Waals surface area (Å²) < 4.78 is 5.44. The summed E-state index contributed by atoms with van der Waals surface area (Å²) in [6, 6.07) is 6.30. The molecule has 2 aromatic rings. The fourth-order valence-corrected chi connectivity index (χ4v) is 1.77. The van der Waals surface area contributed by atoms with Gasteiger partial charge in [0.15, 0.2) is 0 Å². The van der Waals surface area contributed by atoms with Crippen molar-refractivity contribution >= 4 is 17.6 Å². The number of benzene rings is 1. The van der Waals surface area contributed by atoms with Crippen LogP contribution in [0.25, 0.3) is 0 Å². The Morgan fingerprint density at radius 1 is 1.15 bits per heavy atom. The van der Waals surface area contributed by atoms with Crippen LogP contribution in [0.5, 0.6) is 6.01 Å². The fourth-order valence-electron chi connectivity index (χ4n) is 1.77. The quantitative estimate of drug-likeness (QED) is 0.890. The number of aryl methyl sites for hydroxylation is 2. The number of ether oxygens (including phenoxy) is 1. The van der Waals surface area contributed by atoms with Crippen molar-refractivity contribution in [3.8, 4) is 6.01 Å². The molecule has 0 atom stereocenters. The summed E-state index contributed by atoms with van der Waals surface area (Å²) in [5, 5.41) is 3.13. The average Bonchev–Trinajstić information content (AvgIpc) is 2.31. The van der Waals surface area contributed by atoms with Crippen molar-refractivity contribution in [2.24, 2.45) is 0 Å². The van der Waals surface area contributed by atoms with Crippen LogP contribution in [0.15, 0.2) is 18.2 Å². The zero-order valence-electron chi connectivity index (χ0n) is 12.1. The smallest absolute Gasteiger partial charge is 0.323 e. The van der Waals surface area contributed by atoms with Crippen LogP contribution in [0.2, 0.25) is 0 Å². The molecule has 0 radical (unpaired) electrons. The van der Waals surface area contributed by atoms with Crippen LogP contribution in [0, 0.1) is 13.8 Å². The number of rotatable bonds is 4. The summed E-state index contributed by atoms with van der Waals surface area (Å²) in [6.07, 6.45) is -0.0224. The van der Waals surface area contributed by atoms with Crippen LogP contribution in [0.3, 0.4) is 0 Å². The molecule has 0 aliphatic rings. The Labute approximate surface area is 118 Å². The minimum Gasteiger partial charge on any atom is -0.461 e. The summed E-state index contributed by atoms with van der Waals surface area (Å²) in [5.41, 5.74) is 8.90. The van der Waals surface area contributed by atoms with Crippen molar-refractivity contribution in [2.75, 3.05) is 11.1 Å². The van der Waals surface area contributed by atoms with Crippen molar-refractivity contribution < 1.29 is 4.74 Å². The third-order valence-corrected chi connectivity index (χ3v) is 2.60. The molecule has 0 aliphatic heterocycles. The molecule has 0 saturated heterocycles. The van der Waals surface area contributed by atoms with Gasteiger partial charge in [-0.05, 0) is 39.3 Å². The predicted octanol–water partition coefficient (Wildman–Crippen LogP) is 2.60. The first kappa shape index (κ1) is 14.0. The molecule has 1 aromatic carbocycles. The molecule has 6 heteroatoms. The minimum atomic E-state index is -0.0224. The van der Waals surface area contributed by atoms with E-state index in [0.717, 1.165) is 11.3 Å². The van der Waals surface area contributed by atoms with E-state index in [2.05, 4.69) is 26.3 Å². The van der Waals surface area contributed by atoms with Crippen LogP contribution in [-0.4, -0.2) is 21.1 Å². The number of nitrogens with zero attached hydrogens (tertiary/aromatic N) is 3. The summed E-state index contributed by atoms with van der Waals surface area (Å²) >= 11 is 0. The molecular formula is C14H19N5O. The Kier molecular flexibility index (Phi) is 4.02. The van der Waals surface area contributed by atoms with Gasteiger partial charge in [0, 0.05) is 5.69 Å². The van der Waals surface area contributed by atoms with Gasteiger partial charge in [-0.3, -0.25) is 0 Å². The largest absolute Gasteiger partial charge is 0.461 e. The maximum Gasteiger partial charge on any atom is 0.323 e. The summed E-state index contributed by atoms with van der Waals surface area (Å²) in [6.45, 7) is 7.87. The van der Waals surface area contributed by atoms with Gasteiger partial charge in [0.2, 0.25) is 11.9 Å². The van der Waals surface area contributed by atoms with Crippen LogP contribution in [0.4, 0.5) is 17.6 Å². The Bertz CT molecular complexity index is 613. The Morgan fingerprint density at radius 2 is 1.90 bits per heavy atom. The summed E-state index contributed by atoms with van der Waals surface area (Å²) in [4.78, 5) is 12.2. The van der Waals surface area contributed by atoms with Crippen LogP contribution >= 0.6 is 0 Å². The standard InChI is InChI=1S/C14H19N5O/c1-8(2)20-14-18-12(15)17-13(19-14)16-11-6-5-9(3)7-10(11)4/h5-8H,1-4H3,(H3,15,16,17,18,19). The van der Waals surface area contributed by atoms with Crippen LogP contribution in [0.1, 0.15) is 25.0 Å². The number of anilines is 3. The molecule has 1 heterocycles. The van der Waals surface area contributed by atoms with E-state index in [-0.39, 0.29) is 18.1 Å².